The molecule has 1 aliphatic rings. The first-order chi connectivity index (χ1) is 9.83. The maximum absolute atomic E-state index is 6.45. The molecule has 0 saturated heterocycles. The van der Waals surface area contributed by atoms with Gasteiger partial charge < -0.3 is 5.32 Å². The molecule has 1 nitrogen and oxygen atoms in total. The number of nitrogens with one attached hydrogen (secondary N) is 1. The smallest absolute Gasteiger partial charge is 0.0462 e. The van der Waals surface area contributed by atoms with Crippen LogP contribution in [-0.2, 0) is 6.54 Å². The van der Waals surface area contributed by atoms with E-state index in [1.807, 2.05) is 11.8 Å². The minimum Gasteiger partial charge on any atom is -0.308 e. The highest BCUT2D eigenvalue weighted by Gasteiger charge is 2.20. The molecule has 1 N–H and O–H groups in total. The molecule has 21 heavy (non-hydrogen) atoms. The molecule has 2 atom stereocenters. The van der Waals surface area contributed by atoms with E-state index in [4.69, 9.17) is 11.6 Å². The van der Waals surface area contributed by atoms with Crippen molar-refractivity contribution in [2.24, 2.45) is 5.92 Å². The molecule has 118 valence electrons. The van der Waals surface area contributed by atoms with Gasteiger partial charge in [-0.05, 0) is 57.2 Å². The van der Waals surface area contributed by atoms with Crippen LogP contribution >= 0.6 is 23.4 Å². The summed E-state index contributed by atoms with van der Waals surface area (Å²) in [6.07, 6.45) is 5.46. The second kappa shape index (κ2) is 7.39. The molecular formula is C18H28ClNS. The second-order valence-electron chi connectivity index (χ2n) is 7.37. The van der Waals surface area contributed by atoms with Crippen molar-refractivity contribution in [3.05, 3.63) is 28.8 Å². The molecule has 0 heterocycles. The fourth-order valence-corrected chi connectivity index (χ4v) is 4.52. The van der Waals surface area contributed by atoms with Gasteiger partial charge in [0.15, 0.2) is 0 Å². The molecule has 0 aromatic heterocycles. The highest BCUT2D eigenvalue weighted by molar-refractivity contribution is 8.00. The molecule has 1 fully saturated rings. The Balaban J connectivity index is 1.95. The van der Waals surface area contributed by atoms with Crippen LogP contribution in [0.2, 0.25) is 5.02 Å². The Labute approximate surface area is 139 Å². The standard InChI is InChI=1S/C18H28ClNS/c1-13-6-5-7-15(10-13)21-16-9-8-14(17(19)11-16)12-20-18(2,3)4/h8-9,11,13,15,20H,5-7,10,12H2,1-4H3. The average molecular weight is 326 g/mol. The molecular weight excluding hydrogens is 298 g/mol. The number of hydrogen-bond acceptors (Lipinski definition) is 2. The molecule has 0 amide bonds. The molecule has 0 spiro atoms. The molecule has 3 heteroatoms. The van der Waals surface area contributed by atoms with E-state index in [1.165, 1.54) is 36.1 Å². The van der Waals surface area contributed by atoms with E-state index in [2.05, 4.69) is 51.2 Å². The van der Waals surface area contributed by atoms with Crippen molar-refractivity contribution in [2.75, 3.05) is 0 Å². The quantitative estimate of drug-likeness (QED) is 0.739. The number of hydrogen-bond donors (Lipinski definition) is 1. The summed E-state index contributed by atoms with van der Waals surface area (Å²) in [6, 6.07) is 6.55. The maximum Gasteiger partial charge on any atom is 0.0462 e. The van der Waals surface area contributed by atoms with Crippen LogP contribution in [0.1, 0.15) is 58.9 Å². The summed E-state index contributed by atoms with van der Waals surface area (Å²) < 4.78 is 0. The van der Waals surface area contributed by atoms with E-state index in [0.717, 1.165) is 22.7 Å². The molecule has 0 bridgehead atoms. The Morgan fingerprint density at radius 3 is 2.67 bits per heavy atom. The van der Waals surface area contributed by atoms with Gasteiger partial charge in [0.25, 0.3) is 0 Å². The van der Waals surface area contributed by atoms with E-state index in [9.17, 15) is 0 Å². The van der Waals surface area contributed by atoms with Crippen molar-refractivity contribution in [3.63, 3.8) is 0 Å². The van der Waals surface area contributed by atoms with Crippen LogP contribution in [0.25, 0.3) is 0 Å². The first kappa shape index (κ1) is 17.2. The van der Waals surface area contributed by atoms with Gasteiger partial charge in [0, 0.05) is 27.3 Å². The van der Waals surface area contributed by atoms with E-state index in [1.54, 1.807) is 0 Å². The lowest BCUT2D eigenvalue weighted by Crippen LogP contribution is -2.35. The van der Waals surface area contributed by atoms with Crippen LogP contribution in [0.15, 0.2) is 23.1 Å². The van der Waals surface area contributed by atoms with E-state index < -0.39 is 0 Å². The van der Waals surface area contributed by atoms with Crippen molar-refractivity contribution in [3.8, 4) is 0 Å². The third-order valence-corrected chi connectivity index (χ3v) is 5.66. The minimum absolute atomic E-state index is 0.120. The van der Waals surface area contributed by atoms with Gasteiger partial charge in [0.2, 0.25) is 0 Å². The molecule has 1 aromatic carbocycles. The lowest BCUT2D eigenvalue weighted by atomic mass is 9.91. The average Bonchev–Trinajstić information content (AvgIpc) is 2.36. The van der Waals surface area contributed by atoms with Gasteiger partial charge in [-0.25, -0.2) is 0 Å². The van der Waals surface area contributed by atoms with Gasteiger partial charge in [0.05, 0.1) is 0 Å². The maximum atomic E-state index is 6.45. The number of rotatable bonds is 4. The summed E-state index contributed by atoms with van der Waals surface area (Å²) in [5.41, 5.74) is 1.31. The van der Waals surface area contributed by atoms with E-state index in [-0.39, 0.29) is 5.54 Å². The predicted octanol–water partition coefficient (Wildman–Crippen LogP) is 5.90. The van der Waals surface area contributed by atoms with E-state index in [0.29, 0.717) is 0 Å². The van der Waals surface area contributed by atoms with Crippen molar-refractivity contribution >= 4 is 23.4 Å². The summed E-state index contributed by atoms with van der Waals surface area (Å²) in [6.45, 7) is 9.73. The first-order valence-corrected chi connectivity index (χ1v) is 9.29. The molecule has 1 saturated carbocycles. The number of halogens is 1. The van der Waals surface area contributed by atoms with Gasteiger partial charge >= 0.3 is 0 Å². The Bertz CT molecular complexity index is 467. The third kappa shape index (κ3) is 5.84. The molecule has 0 aliphatic heterocycles. The molecule has 0 radical (unpaired) electrons. The first-order valence-electron chi connectivity index (χ1n) is 8.03. The summed E-state index contributed by atoms with van der Waals surface area (Å²) in [4.78, 5) is 1.32. The SMILES string of the molecule is CC1CCCC(Sc2ccc(CNC(C)(C)C)c(Cl)c2)C1. The summed E-state index contributed by atoms with van der Waals surface area (Å²) in [7, 11) is 0. The summed E-state index contributed by atoms with van der Waals surface area (Å²) in [5.74, 6) is 0.877. The fraction of sp³-hybridized carbons (Fsp3) is 0.667. The summed E-state index contributed by atoms with van der Waals surface area (Å²) in [5, 5.41) is 5.15. The molecule has 1 aromatic rings. The van der Waals surface area contributed by atoms with Crippen molar-refractivity contribution in [1.29, 1.82) is 0 Å². The van der Waals surface area contributed by atoms with Crippen LogP contribution in [-0.4, -0.2) is 10.8 Å². The lowest BCUT2D eigenvalue weighted by Gasteiger charge is -2.26. The summed E-state index contributed by atoms with van der Waals surface area (Å²) >= 11 is 8.46. The molecule has 1 aliphatic carbocycles. The largest absolute Gasteiger partial charge is 0.308 e. The highest BCUT2D eigenvalue weighted by Crippen LogP contribution is 2.37. The second-order valence-corrected chi connectivity index (χ2v) is 9.15. The van der Waals surface area contributed by atoms with Crippen molar-refractivity contribution < 1.29 is 0 Å². The third-order valence-electron chi connectivity index (χ3n) is 4.02. The Morgan fingerprint density at radius 2 is 2.05 bits per heavy atom. The van der Waals surface area contributed by atoms with Gasteiger partial charge in [-0.15, -0.1) is 11.8 Å². The van der Waals surface area contributed by atoms with Crippen LogP contribution in [0, 0.1) is 5.92 Å². The van der Waals surface area contributed by atoms with E-state index >= 15 is 0 Å². The molecule has 2 unspecified atom stereocenters. The zero-order valence-electron chi connectivity index (χ0n) is 13.7. The zero-order chi connectivity index (χ0) is 15.5. The lowest BCUT2D eigenvalue weighted by molar-refractivity contribution is 0.394. The van der Waals surface area contributed by atoms with Crippen LogP contribution in [0.5, 0.6) is 0 Å². The number of benzene rings is 1. The van der Waals surface area contributed by atoms with Crippen molar-refractivity contribution in [1.82, 2.24) is 5.32 Å². The van der Waals surface area contributed by atoms with Crippen molar-refractivity contribution in [2.45, 2.75) is 75.6 Å². The Hall–Kier alpha value is -0.180. The van der Waals surface area contributed by atoms with Gasteiger partial charge in [-0.2, -0.15) is 0 Å². The predicted molar refractivity (Wildman–Crippen MR) is 95.3 cm³/mol. The Kier molecular flexibility index (Phi) is 6.05. The topological polar surface area (TPSA) is 12.0 Å². The monoisotopic (exact) mass is 325 g/mol. The Morgan fingerprint density at radius 1 is 1.29 bits per heavy atom. The van der Waals surface area contributed by atoms with Gasteiger partial charge in [-0.1, -0.05) is 37.4 Å². The van der Waals surface area contributed by atoms with Crippen LogP contribution in [0.3, 0.4) is 0 Å². The van der Waals surface area contributed by atoms with Gasteiger partial charge in [-0.3, -0.25) is 0 Å². The zero-order valence-corrected chi connectivity index (χ0v) is 15.3. The van der Waals surface area contributed by atoms with Gasteiger partial charge in [0.1, 0.15) is 0 Å². The fourth-order valence-electron chi connectivity index (χ4n) is 2.78. The van der Waals surface area contributed by atoms with Crippen LogP contribution in [0.4, 0.5) is 0 Å². The number of thioether (sulfide) groups is 1. The molecule has 2 rings (SSSR count). The highest BCUT2D eigenvalue weighted by atomic mass is 35.5. The minimum atomic E-state index is 0.120. The van der Waals surface area contributed by atoms with Crippen LogP contribution < -0.4 is 5.32 Å². The normalized spacial score (nSPS) is 23.3.